The minimum absolute atomic E-state index is 0.0261. The maximum Gasteiger partial charge on any atom is 0.228 e. The molecule has 1 amide bonds. The topological polar surface area (TPSA) is 38.3 Å². The summed E-state index contributed by atoms with van der Waals surface area (Å²) in [4.78, 5) is 12.6. The summed E-state index contributed by atoms with van der Waals surface area (Å²) in [5.74, 6) is 0.844. The van der Waals surface area contributed by atoms with E-state index in [-0.39, 0.29) is 17.7 Å². The molecule has 3 nitrogen and oxygen atoms in total. The van der Waals surface area contributed by atoms with Crippen molar-refractivity contribution >= 4 is 17.5 Å². The fourth-order valence-electron chi connectivity index (χ4n) is 2.55. The first-order valence-corrected chi connectivity index (χ1v) is 8.05. The van der Waals surface area contributed by atoms with Crippen molar-refractivity contribution in [3.8, 4) is 5.75 Å². The smallest absolute Gasteiger partial charge is 0.228 e. The minimum Gasteiger partial charge on any atom is -0.497 e. The number of nitrogens with one attached hydrogen (secondary N) is 1. The van der Waals surface area contributed by atoms with E-state index in [0.29, 0.717) is 11.6 Å². The van der Waals surface area contributed by atoms with Gasteiger partial charge < -0.3 is 10.1 Å². The first-order valence-electron chi connectivity index (χ1n) is 7.67. The zero-order valence-electron chi connectivity index (χ0n) is 13.7. The molecule has 0 aliphatic carbocycles. The number of rotatable bonds is 6. The van der Waals surface area contributed by atoms with Crippen LogP contribution >= 0.6 is 11.6 Å². The lowest BCUT2D eigenvalue weighted by Crippen LogP contribution is -2.31. The highest BCUT2D eigenvalue weighted by atomic mass is 35.5. The molecule has 2 rings (SSSR count). The average molecular weight is 332 g/mol. The third-order valence-corrected chi connectivity index (χ3v) is 4.06. The van der Waals surface area contributed by atoms with Crippen LogP contribution < -0.4 is 10.1 Å². The van der Waals surface area contributed by atoms with Crippen LogP contribution in [0.3, 0.4) is 0 Å². The summed E-state index contributed by atoms with van der Waals surface area (Å²) in [6.07, 6.45) is 0. The third-order valence-electron chi connectivity index (χ3n) is 3.80. The van der Waals surface area contributed by atoms with E-state index >= 15 is 0 Å². The van der Waals surface area contributed by atoms with Crippen LogP contribution in [-0.2, 0) is 11.3 Å². The van der Waals surface area contributed by atoms with Crippen LogP contribution in [0.15, 0.2) is 48.5 Å². The number of hydrogen-bond acceptors (Lipinski definition) is 2. The predicted octanol–water partition coefficient (Wildman–Crippen LogP) is 4.40. The molecule has 122 valence electrons. The van der Waals surface area contributed by atoms with E-state index in [4.69, 9.17) is 16.3 Å². The highest BCUT2D eigenvalue weighted by molar-refractivity contribution is 6.30. The normalized spacial score (nSPS) is 12.0. The highest BCUT2D eigenvalue weighted by Gasteiger charge is 2.23. The van der Waals surface area contributed by atoms with Crippen molar-refractivity contribution in [2.75, 3.05) is 7.11 Å². The maximum atomic E-state index is 12.6. The van der Waals surface area contributed by atoms with E-state index in [1.54, 1.807) is 7.11 Å². The second-order valence-electron chi connectivity index (χ2n) is 5.84. The summed E-state index contributed by atoms with van der Waals surface area (Å²) in [7, 11) is 1.64. The standard InChI is InChI=1S/C19H22ClNO2/c1-13(2)18(15-6-8-16(20)9-7-15)19(22)21-12-14-4-10-17(23-3)11-5-14/h4-11,13,18H,12H2,1-3H3,(H,21,22)/t18-/m0/s1. The molecule has 0 radical (unpaired) electrons. The van der Waals surface area contributed by atoms with E-state index in [2.05, 4.69) is 5.32 Å². The van der Waals surface area contributed by atoms with Crippen molar-refractivity contribution in [1.82, 2.24) is 5.32 Å². The minimum atomic E-state index is -0.189. The Morgan fingerprint density at radius 1 is 1.09 bits per heavy atom. The fourth-order valence-corrected chi connectivity index (χ4v) is 2.68. The quantitative estimate of drug-likeness (QED) is 0.851. The Hall–Kier alpha value is -2.00. The molecule has 0 bridgehead atoms. The summed E-state index contributed by atoms with van der Waals surface area (Å²) >= 11 is 5.93. The lowest BCUT2D eigenvalue weighted by Gasteiger charge is -2.21. The Labute approximate surface area is 142 Å². The summed E-state index contributed by atoms with van der Waals surface area (Å²) < 4.78 is 5.13. The summed E-state index contributed by atoms with van der Waals surface area (Å²) in [6, 6.07) is 15.2. The van der Waals surface area contributed by atoms with Gasteiger partial charge in [0.1, 0.15) is 5.75 Å². The third kappa shape index (κ3) is 4.73. The molecule has 4 heteroatoms. The molecule has 0 unspecified atom stereocenters. The van der Waals surface area contributed by atoms with E-state index < -0.39 is 0 Å². The Balaban J connectivity index is 2.04. The molecule has 0 aromatic heterocycles. The second-order valence-corrected chi connectivity index (χ2v) is 6.28. The van der Waals surface area contributed by atoms with Gasteiger partial charge in [0.25, 0.3) is 0 Å². The number of benzene rings is 2. The van der Waals surface area contributed by atoms with Gasteiger partial charge in [-0.15, -0.1) is 0 Å². The van der Waals surface area contributed by atoms with Crippen molar-refractivity contribution in [3.63, 3.8) is 0 Å². The van der Waals surface area contributed by atoms with Gasteiger partial charge in [-0.3, -0.25) is 4.79 Å². The van der Waals surface area contributed by atoms with Crippen molar-refractivity contribution in [2.24, 2.45) is 5.92 Å². The fraction of sp³-hybridized carbons (Fsp3) is 0.316. The molecule has 1 atom stereocenters. The monoisotopic (exact) mass is 331 g/mol. The molecule has 0 heterocycles. The molecule has 0 spiro atoms. The predicted molar refractivity (Wildman–Crippen MR) is 93.9 cm³/mol. The molecule has 0 fully saturated rings. The highest BCUT2D eigenvalue weighted by Crippen LogP contribution is 2.26. The molecule has 23 heavy (non-hydrogen) atoms. The van der Waals surface area contributed by atoms with Gasteiger partial charge in [0.15, 0.2) is 0 Å². The number of hydrogen-bond donors (Lipinski definition) is 1. The van der Waals surface area contributed by atoms with Crippen molar-refractivity contribution in [1.29, 1.82) is 0 Å². The van der Waals surface area contributed by atoms with Crippen LogP contribution in [0.4, 0.5) is 0 Å². The maximum absolute atomic E-state index is 12.6. The van der Waals surface area contributed by atoms with Gasteiger partial charge in [0, 0.05) is 11.6 Å². The first kappa shape index (κ1) is 17.4. The Bertz CT molecular complexity index is 635. The molecule has 2 aromatic carbocycles. The Kier molecular flexibility index (Phi) is 6.05. The SMILES string of the molecule is COc1ccc(CNC(=O)[C@H](c2ccc(Cl)cc2)C(C)C)cc1. The molecular formula is C19H22ClNO2. The number of carbonyl (C=O) groups excluding carboxylic acids is 1. The number of carbonyl (C=O) groups is 1. The molecule has 0 saturated heterocycles. The number of methoxy groups -OCH3 is 1. The van der Waals surface area contributed by atoms with Crippen LogP contribution in [0.25, 0.3) is 0 Å². The van der Waals surface area contributed by atoms with E-state index in [1.165, 1.54) is 0 Å². The largest absolute Gasteiger partial charge is 0.497 e. The van der Waals surface area contributed by atoms with Crippen molar-refractivity contribution < 1.29 is 9.53 Å². The van der Waals surface area contributed by atoms with E-state index in [1.807, 2.05) is 62.4 Å². The lowest BCUT2D eigenvalue weighted by molar-refractivity contribution is -0.123. The molecule has 0 saturated carbocycles. The van der Waals surface area contributed by atoms with E-state index in [9.17, 15) is 4.79 Å². The molecule has 2 aromatic rings. The summed E-state index contributed by atoms with van der Waals surface area (Å²) in [5, 5.41) is 3.69. The number of amides is 1. The molecule has 1 N–H and O–H groups in total. The van der Waals surface area contributed by atoms with Gasteiger partial charge in [-0.2, -0.15) is 0 Å². The van der Waals surface area contributed by atoms with Crippen LogP contribution in [0, 0.1) is 5.92 Å². The average Bonchev–Trinajstić information content (AvgIpc) is 2.55. The zero-order valence-corrected chi connectivity index (χ0v) is 14.4. The second kappa shape index (κ2) is 8.02. The number of halogens is 1. The van der Waals surface area contributed by atoms with Crippen molar-refractivity contribution in [2.45, 2.75) is 26.3 Å². The molecular weight excluding hydrogens is 310 g/mol. The zero-order chi connectivity index (χ0) is 16.8. The Morgan fingerprint density at radius 2 is 1.70 bits per heavy atom. The van der Waals surface area contributed by atoms with E-state index in [0.717, 1.165) is 16.9 Å². The first-order chi connectivity index (χ1) is 11.0. The summed E-state index contributed by atoms with van der Waals surface area (Å²) in [6.45, 7) is 4.60. The van der Waals surface area contributed by atoms with Crippen LogP contribution in [0.5, 0.6) is 5.75 Å². The Morgan fingerprint density at radius 3 is 2.22 bits per heavy atom. The summed E-state index contributed by atoms with van der Waals surface area (Å²) in [5.41, 5.74) is 2.02. The van der Waals surface area contributed by atoms with Crippen LogP contribution in [0.2, 0.25) is 5.02 Å². The van der Waals surface area contributed by atoms with Gasteiger partial charge >= 0.3 is 0 Å². The number of ether oxygens (including phenoxy) is 1. The molecule has 0 aliphatic heterocycles. The van der Waals surface area contributed by atoms with Gasteiger partial charge in [0.05, 0.1) is 13.0 Å². The van der Waals surface area contributed by atoms with Gasteiger partial charge in [-0.1, -0.05) is 49.7 Å². The van der Waals surface area contributed by atoms with Gasteiger partial charge in [0.2, 0.25) is 5.91 Å². The van der Waals surface area contributed by atoms with Crippen LogP contribution in [-0.4, -0.2) is 13.0 Å². The molecule has 0 aliphatic rings. The lowest BCUT2D eigenvalue weighted by atomic mass is 9.87. The van der Waals surface area contributed by atoms with Crippen molar-refractivity contribution in [3.05, 3.63) is 64.7 Å². The van der Waals surface area contributed by atoms with Gasteiger partial charge in [-0.05, 0) is 41.3 Å². The van der Waals surface area contributed by atoms with Gasteiger partial charge in [-0.25, -0.2) is 0 Å². The van der Waals surface area contributed by atoms with Crippen LogP contribution in [0.1, 0.15) is 30.9 Å².